The van der Waals surface area contributed by atoms with Crippen molar-refractivity contribution in [3.63, 3.8) is 0 Å². The Bertz CT molecular complexity index is 852. The predicted molar refractivity (Wildman–Crippen MR) is 86.3 cm³/mol. The van der Waals surface area contributed by atoms with E-state index in [9.17, 15) is 31.5 Å². The van der Waals surface area contributed by atoms with Crippen molar-refractivity contribution in [1.29, 1.82) is 0 Å². The minimum atomic E-state index is -4.63. The lowest BCUT2D eigenvalue weighted by Gasteiger charge is -2.18. The Morgan fingerprint density at radius 1 is 1.04 bits per heavy atom. The molecule has 0 aromatic heterocycles. The van der Waals surface area contributed by atoms with Crippen LogP contribution in [0.25, 0.3) is 0 Å². The average molecular weight is 386 g/mol. The van der Waals surface area contributed by atoms with Crippen molar-refractivity contribution in [2.24, 2.45) is 5.73 Å². The quantitative estimate of drug-likeness (QED) is 0.750. The number of hydrogen-bond acceptors (Lipinski definition) is 2. The van der Waals surface area contributed by atoms with Gasteiger partial charge in [0, 0.05) is 6.42 Å². The summed E-state index contributed by atoms with van der Waals surface area (Å²) in [5.74, 6) is -4.02. The third-order valence-corrected chi connectivity index (χ3v) is 3.77. The molecule has 4 nitrogen and oxygen atoms in total. The van der Waals surface area contributed by atoms with Crippen LogP contribution in [0.3, 0.4) is 0 Å². The number of amides is 2. The largest absolute Gasteiger partial charge is 0.416 e. The zero-order valence-electron chi connectivity index (χ0n) is 13.8. The molecule has 2 amide bonds. The Kier molecular flexibility index (Phi) is 6.14. The van der Waals surface area contributed by atoms with Crippen LogP contribution in [0, 0.1) is 11.6 Å². The van der Waals surface area contributed by atoms with Gasteiger partial charge in [-0.3, -0.25) is 9.59 Å². The summed E-state index contributed by atoms with van der Waals surface area (Å²) >= 11 is 0. The molecule has 0 unspecified atom stereocenters. The van der Waals surface area contributed by atoms with Crippen molar-refractivity contribution < 1.29 is 31.5 Å². The first-order valence-electron chi connectivity index (χ1n) is 7.75. The van der Waals surface area contributed by atoms with E-state index in [-0.39, 0.29) is 11.1 Å². The van der Waals surface area contributed by atoms with E-state index in [4.69, 9.17) is 5.73 Å². The first-order chi connectivity index (χ1) is 12.6. The topological polar surface area (TPSA) is 72.2 Å². The first-order valence-corrected chi connectivity index (χ1v) is 7.75. The molecule has 144 valence electrons. The van der Waals surface area contributed by atoms with Crippen molar-refractivity contribution >= 4 is 11.8 Å². The van der Waals surface area contributed by atoms with E-state index in [1.807, 2.05) is 0 Å². The van der Waals surface area contributed by atoms with Crippen molar-refractivity contribution in [3.8, 4) is 0 Å². The lowest BCUT2D eigenvalue weighted by molar-refractivity contribution is -0.138. The number of carbonyl (C=O) groups excluding carboxylic acids is 2. The van der Waals surface area contributed by atoms with Crippen LogP contribution in [-0.2, 0) is 28.6 Å². The highest BCUT2D eigenvalue weighted by atomic mass is 19.4. The standard InChI is InChI=1S/C18H15F5N2O2/c19-13-6-5-10(7-14(13)20)8-16(26)25-15(17(24)27)9-11-3-1-2-4-12(11)18(21,22)23/h1-7,15H,8-9H2,(H2,24,27)(H,25,26)/t15-/m1/s1. The highest BCUT2D eigenvalue weighted by molar-refractivity contribution is 5.87. The Morgan fingerprint density at radius 2 is 1.70 bits per heavy atom. The molecule has 0 aliphatic rings. The molecule has 0 saturated heterocycles. The summed E-state index contributed by atoms with van der Waals surface area (Å²) in [4.78, 5) is 23.6. The molecule has 0 spiro atoms. The van der Waals surface area contributed by atoms with Crippen LogP contribution in [0.15, 0.2) is 42.5 Å². The Hall–Kier alpha value is -2.97. The van der Waals surface area contributed by atoms with Crippen LogP contribution < -0.4 is 11.1 Å². The number of halogens is 5. The van der Waals surface area contributed by atoms with Gasteiger partial charge in [-0.05, 0) is 29.3 Å². The van der Waals surface area contributed by atoms with E-state index >= 15 is 0 Å². The first kappa shape index (κ1) is 20.3. The summed E-state index contributed by atoms with van der Waals surface area (Å²) in [7, 11) is 0. The van der Waals surface area contributed by atoms with Gasteiger partial charge in [0.15, 0.2) is 11.6 Å². The number of alkyl halides is 3. The zero-order chi connectivity index (χ0) is 20.2. The minimum absolute atomic E-state index is 0.130. The van der Waals surface area contributed by atoms with Gasteiger partial charge in [-0.2, -0.15) is 13.2 Å². The van der Waals surface area contributed by atoms with Crippen LogP contribution in [-0.4, -0.2) is 17.9 Å². The monoisotopic (exact) mass is 386 g/mol. The third kappa shape index (κ3) is 5.50. The molecule has 0 aliphatic heterocycles. The maximum atomic E-state index is 13.2. The predicted octanol–water partition coefficient (Wildman–Crippen LogP) is 2.74. The molecule has 1 atom stereocenters. The Labute approximate surface area is 151 Å². The molecule has 9 heteroatoms. The smallest absolute Gasteiger partial charge is 0.368 e. The molecule has 27 heavy (non-hydrogen) atoms. The molecule has 0 fully saturated rings. The van der Waals surface area contributed by atoms with Gasteiger partial charge < -0.3 is 11.1 Å². The van der Waals surface area contributed by atoms with Crippen LogP contribution in [0.5, 0.6) is 0 Å². The van der Waals surface area contributed by atoms with Gasteiger partial charge in [0.05, 0.1) is 12.0 Å². The van der Waals surface area contributed by atoms with Gasteiger partial charge in [-0.15, -0.1) is 0 Å². The van der Waals surface area contributed by atoms with Crippen molar-refractivity contribution in [1.82, 2.24) is 5.32 Å². The van der Waals surface area contributed by atoms with Crippen LogP contribution in [0.1, 0.15) is 16.7 Å². The van der Waals surface area contributed by atoms with E-state index < -0.39 is 54.1 Å². The lowest BCUT2D eigenvalue weighted by atomic mass is 9.99. The summed E-state index contributed by atoms with van der Waals surface area (Å²) in [6.45, 7) is 0. The fourth-order valence-electron chi connectivity index (χ4n) is 2.50. The molecule has 0 aliphatic carbocycles. The molecule has 2 rings (SSSR count). The van der Waals surface area contributed by atoms with Gasteiger partial charge in [-0.1, -0.05) is 24.3 Å². The zero-order valence-corrected chi connectivity index (χ0v) is 13.8. The molecule has 0 radical (unpaired) electrons. The minimum Gasteiger partial charge on any atom is -0.368 e. The number of hydrogen-bond donors (Lipinski definition) is 2. The van der Waals surface area contributed by atoms with Gasteiger partial charge in [0.25, 0.3) is 0 Å². The van der Waals surface area contributed by atoms with E-state index in [1.165, 1.54) is 24.3 Å². The molecular formula is C18H15F5N2O2. The molecule has 2 aromatic rings. The SMILES string of the molecule is NC(=O)[C@@H](Cc1ccccc1C(F)(F)F)NC(=O)Cc1ccc(F)c(F)c1. The Morgan fingerprint density at radius 3 is 2.30 bits per heavy atom. The van der Waals surface area contributed by atoms with Crippen molar-refractivity contribution in [2.45, 2.75) is 25.1 Å². The Balaban J connectivity index is 2.13. The fourth-order valence-corrected chi connectivity index (χ4v) is 2.50. The maximum Gasteiger partial charge on any atom is 0.416 e. The molecule has 0 saturated carbocycles. The molecule has 0 heterocycles. The highest BCUT2D eigenvalue weighted by Crippen LogP contribution is 2.32. The van der Waals surface area contributed by atoms with E-state index in [0.29, 0.717) is 0 Å². The molecule has 3 N–H and O–H groups in total. The van der Waals surface area contributed by atoms with Crippen molar-refractivity contribution in [3.05, 3.63) is 70.8 Å². The second-order valence-corrected chi connectivity index (χ2v) is 5.81. The lowest BCUT2D eigenvalue weighted by Crippen LogP contribution is -2.46. The van der Waals surface area contributed by atoms with Gasteiger partial charge in [-0.25, -0.2) is 8.78 Å². The number of nitrogens with two attached hydrogens (primary N) is 1. The molecule has 2 aromatic carbocycles. The van der Waals surface area contributed by atoms with Crippen molar-refractivity contribution in [2.75, 3.05) is 0 Å². The van der Waals surface area contributed by atoms with Crippen LogP contribution >= 0.6 is 0 Å². The average Bonchev–Trinajstić information content (AvgIpc) is 2.57. The number of nitrogens with one attached hydrogen (secondary N) is 1. The van der Waals surface area contributed by atoms with E-state index in [1.54, 1.807) is 0 Å². The van der Waals surface area contributed by atoms with Crippen LogP contribution in [0.4, 0.5) is 22.0 Å². The molecule has 0 bridgehead atoms. The summed E-state index contributed by atoms with van der Waals surface area (Å²) < 4.78 is 65.2. The number of primary amides is 1. The van der Waals surface area contributed by atoms with Gasteiger partial charge in [0.2, 0.25) is 11.8 Å². The number of benzene rings is 2. The summed E-state index contributed by atoms with van der Waals surface area (Å²) in [5, 5.41) is 2.23. The number of rotatable bonds is 6. The second kappa shape index (κ2) is 8.15. The second-order valence-electron chi connectivity index (χ2n) is 5.81. The molecular weight excluding hydrogens is 371 g/mol. The van der Waals surface area contributed by atoms with Crippen LogP contribution in [0.2, 0.25) is 0 Å². The summed E-state index contributed by atoms with van der Waals surface area (Å²) in [5.41, 5.74) is 4.17. The summed E-state index contributed by atoms with van der Waals surface area (Å²) in [6.07, 6.45) is -5.50. The summed E-state index contributed by atoms with van der Waals surface area (Å²) in [6, 6.07) is 6.04. The van der Waals surface area contributed by atoms with E-state index in [2.05, 4.69) is 5.32 Å². The van der Waals surface area contributed by atoms with Gasteiger partial charge in [0.1, 0.15) is 6.04 Å². The number of carbonyl (C=O) groups is 2. The van der Waals surface area contributed by atoms with Gasteiger partial charge >= 0.3 is 6.18 Å². The fraction of sp³-hybridized carbons (Fsp3) is 0.222. The normalized spacial score (nSPS) is 12.5. The third-order valence-electron chi connectivity index (χ3n) is 3.77. The van der Waals surface area contributed by atoms with E-state index in [0.717, 1.165) is 18.2 Å². The maximum absolute atomic E-state index is 13.2. The highest BCUT2D eigenvalue weighted by Gasteiger charge is 2.34.